The SMILES string of the molecule is CC(NCCC(F)(F)F)NC(=O)c1ccc(/C(F)=C/C(c2cc(Br)c(Cl)c(Br)c2)C(F)(F)F)cc1C(F)(F)F. The second-order valence-electron chi connectivity index (χ2n) is 8.10. The Morgan fingerprint density at radius 1 is 1.00 bits per heavy atom. The number of carbonyl (C=O) groups is 1. The smallest absolute Gasteiger partial charge is 0.337 e. The summed E-state index contributed by atoms with van der Waals surface area (Å²) in [4.78, 5) is 12.4. The third-order valence-corrected chi connectivity index (χ3v) is 7.20. The van der Waals surface area contributed by atoms with E-state index >= 15 is 0 Å². The zero-order valence-electron chi connectivity index (χ0n) is 19.4. The summed E-state index contributed by atoms with van der Waals surface area (Å²) in [6, 6.07) is 3.37. The zero-order valence-corrected chi connectivity index (χ0v) is 23.3. The lowest BCUT2D eigenvalue weighted by Gasteiger charge is -2.20. The van der Waals surface area contributed by atoms with E-state index in [1.807, 2.05) is 5.32 Å². The van der Waals surface area contributed by atoms with Crippen LogP contribution in [0.15, 0.2) is 45.4 Å². The molecule has 39 heavy (non-hydrogen) atoms. The third kappa shape index (κ3) is 9.64. The Balaban J connectivity index is 2.42. The molecule has 0 bridgehead atoms. The molecule has 0 aliphatic rings. The minimum atomic E-state index is -5.23. The molecule has 2 atom stereocenters. The van der Waals surface area contributed by atoms with E-state index in [0.717, 1.165) is 12.1 Å². The van der Waals surface area contributed by atoms with E-state index in [9.17, 15) is 48.7 Å². The van der Waals surface area contributed by atoms with Crippen LogP contribution in [0.2, 0.25) is 5.02 Å². The molecular formula is C23H17Br2ClF10N2O. The largest absolute Gasteiger partial charge is 0.417 e. The molecule has 2 unspecified atom stereocenters. The second kappa shape index (κ2) is 12.8. The Morgan fingerprint density at radius 2 is 1.56 bits per heavy atom. The summed E-state index contributed by atoms with van der Waals surface area (Å²) in [6.07, 6.45) is -17.1. The van der Waals surface area contributed by atoms with Crippen molar-refractivity contribution in [2.24, 2.45) is 0 Å². The van der Waals surface area contributed by atoms with Crippen LogP contribution in [0.3, 0.4) is 0 Å². The summed E-state index contributed by atoms with van der Waals surface area (Å²) in [5, 5.41) is 4.34. The summed E-state index contributed by atoms with van der Waals surface area (Å²) in [5.41, 5.74) is -4.04. The molecule has 2 aromatic rings. The molecule has 2 aromatic carbocycles. The van der Waals surface area contributed by atoms with Gasteiger partial charge in [0.15, 0.2) is 0 Å². The molecule has 1 amide bonds. The highest BCUT2D eigenvalue weighted by Gasteiger charge is 2.41. The molecule has 0 radical (unpaired) electrons. The molecule has 0 saturated heterocycles. The molecule has 0 fully saturated rings. The topological polar surface area (TPSA) is 41.1 Å². The molecule has 2 rings (SSSR count). The van der Waals surface area contributed by atoms with Gasteiger partial charge in [-0.15, -0.1) is 0 Å². The number of allylic oxidation sites excluding steroid dienone is 1. The minimum absolute atomic E-state index is 0.0395. The number of halogens is 13. The van der Waals surface area contributed by atoms with E-state index < -0.39 is 77.6 Å². The lowest BCUT2D eigenvalue weighted by molar-refractivity contribution is -0.140. The second-order valence-corrected chi connectivity index (χ2v) is 10.2. The number of benzene rings is 2. The van der Waals surface area contributed by atoms with Crippen LogP contribution in [-0.2, 0) is 6.18 Å². The van der Waals surface area contributed by atoms with Gasteiger partial charge in [-0.1, -0.05) is 17.7 Å². The minimum Gasteiger partial charge on any atom is -0.337 e. The van der Waals surface area contributed by atoms with E-state index in [-0.39, 0.29) is 26.1 Å². The number of nitrogens with one attached hydrogen (secondary N) is 2. The fraction of sp³-hybridized carbons (Fsp3) is 0.348. The average molecular weight is 723 g/mol. The molecule has 0 aliphatic carbocycles. The van der Waals surface area contributed by atoms with Gasteiger partial charge in [0, 0.05) is 21.1 Å². The molecule has 16 heteroatoms. The number of carbonyl (C=O) groups excluding carboxylic acids is 1. The van der Waals surface area contributed by atoms with E-state index in [4.69, 9.17) is 11.6 Å². The van der Waals surface area contributed by atoms with Crippen molar-refractivity contribution in [1.82, 2.24) is 10.6 Å². The van der Waals surface area contributed by atoms with Crippen LogP contribution < -0.4 is 10.6 Å². The molecule has 2 N–H and O–H groups in total. The number of hydrogen-bond acceptors (Lipinski definition) is 2. The van der Waals surface area contributed by atoms with Gasteiger partial charge in [0.25, 0.3) is 5.91 Å². The number of rotatable bonds is 8. The van der Waals surface area contributed by atoms with Crippen molar-refractivity contribution in [3.8, 4) is 0 Å². The number of alkyl halides is 9. The van der Waals surface area contributed by atoms with Crippen LogP contribution in [0.25, 0.3) is 5.83 Å². The maximum Gasteiger partial charge on any atom is 0.417 e. The van der Waals surface area contributed by atoms with Gasteiger partial charge in [0.1, 0.15) is 11.7 Å². The predicted molar refractivity (Wildman–Crippen MR) is 132 cm³/mol. The van der Waals surface area contributed by atoms with Gasteiger partial charge >= 0.3 is 18.5 Å². The Morgan fingerprint density at radius 3 is 2.05 bits per heavy atom. The monoisotopic (exact) mass is 720 g/mol. The van der Waals surface area contributed by atoms with Crippen LogP contribution in [0, 0.1) is 0 Å². The highest BCUT2D eigenvalue weighted by atomic mass is 79.9. The third-order valence-electron chi connectivity index (χ3n) is 5.08. The summed E-state index contributed by atoms with van der Waals surface area (Å²) < 4.78 is 134. The lowest BCUT2D eigenvalue weighted by atomic mass is 9.95. The Bertz CT molecular complexity index is 1210. The maximum absolute atomic E-state index is 15.0. The van der Waals surface area contributed by atoms with Gasteiger partial charge in [-0.05, 0) is 74.7 Å². The van der Waals surface area contributed by atoms with Crippen molar-refractivity contribution in [1.29, 1.82) is 0 Å². The highest BCUT2D eigenvalue weighted by molar-refractivity contribution is 9.11. The molecular weight excluding hydrogens is 706 g/mol. The van der Waals surface area contributed by atoms with Crippen molar-refractivity contribution in [2.75, 3.05) is 6.54 Å². The molecule has 216 valence electrons. The van der Waals surface area contributed by atoms with Gasteiger partial charge in [-0.3, -0.25) is 10.1 Å². The quantitative estimate of drug-likeness (QED) is 0.162. The first-order valence-corrected chi connectivity index (χ1v) is 12.6. The van der Waals surface area contributed by atoms with Crippen LogP contribution in [-0.4, -0.2) is 31.0 Å². The van der Waals surface area contributed by atoms with Gasteiger partial charge in [0.2, 0.25) is 0 Å². The number of hydrogen-bond donors (Lipinski definition) is 2. The predicted octanol–water partition coefficient (Wildman–Crippen LogP) is 9.16. The molecule has 0 aliphatic heterocycles. The molecule has 0 spiro atoms. The van der Waals surface area contributed by atoms with Gasteiger partial charge in [-0.25, -0.2) is 4.39 Å². The average Bonchev–Trinajstić information content (AvgIpc) is 2.77. The molecule has 0 aromatic heterocycles. The fourth-order valence-electron chi connectivity index (χ4n) is 3.26. The van der Waals surface area contributed by atoms with Crippen molar-refractivity contribution >= 4 is 55.2 Å². The molecule has 0 heterocycles. The first kappa shape index (κ1) is 33.4. The summed E-state index contributed by atoms with van der Waals surface area (Å²) in [7, 11) is 0. The Hall–Kier alpha value is -1.84. The summed E-state index contributed by atoms with van der Waals surface area (Å²) in [6.45, 7) is 0.552. The molecule has 0 saturated carbocycles. The summed E-state index contributed by atoms with van der Waals surface area (Å²) >= 11 is 11.8. The van der Waals surface area contributed by atoms with E-state index in [0.29, 0.717) is 12.1 Å². The fourth-order valence-corrected chi connectivity index (χ4v) is 4.59. The number of amides is 1. The van der Waals surface area contributed by atoms with E-state index in [1.165, 1.54) is 6.92 Å². The van der Waals surface area contributed by atoms with Crippen LogP contribution in [0.4, 0.5) is 43.9 Å². The Labute approximate surface area is 237 Å². The van der Waals surface area contributed by atoms with Crippen molar-refractivity contribution < 1.29 is 48.7 Å². The van der Waals surface area contributed by atoms with Crippen LogP contribution >= 0.6 is 43.5 Å². The first-order chi connectivity index (χ1) is 17.7. The zero-order chi connectivity index (χ0) is 29.9. The normalized spacial score (nSPS) is 14.8. The Kier molecular flexibility index (Phi) is 10.9. The summed E-state index contributed by atoms with van der Waals surface area (Å²) in [5.74, 6) is -5.59. The first-order valence-electron chi connectivity index (χ1n) is 10.6. The van der Waals surface area contributed by atoms with E-state index in [1.54, 1.807) is 0 Å². The van der Waals surface area contributed by atoms with Gasteiger partial charge in [0.05, 0.1) is 28.7 Å². The van der Waals surface area contributed by atoms with Gasteiger partial charge < -0.3 is 5.32 Å². The van der Waals surface area contributed by atoms with Crippen molar-refractivity contribution in [3.63, 3.8) is 0 Å². The van der Waals surface area contributed by atoms with Crippen LogP contribution in [0.1, 0.15) is 46.3 Å². The standard InChI is InChI=1S/C23H17Br2ClF10N2O/c1-10(37-5-4-21(28,29)30)38-20(39)13-3-2-11(6-15(13)23(34,35)36)18(27)9-14(22(31,32)33)12-7-16(24)19(26)17(25)8-12/h2-3,6-10,14,37H,4-5H2,1H3,(H,38,39)/b18-9-. The van der Waals surface area contributed by atoms with Gasteiger partial charge in [-0.2, -0.15) is 39.5 Å². The maximum atomic E-state index is 15.0. The van der Waals surface area contributed by atoms with Crippen molar-refractivity contribution in [3.05, 3.63) is 72.6 Å². The lowest BCUT2D eigenvalue weighted by Crippen LogP contribution is -2.44. The van der Waals surface area contributed by atoms with Crippen LogP contribution in [0.5, 0.6) is 0 Å². The van der Waals surface area contributed by atoms with Crippen molar-refractivity contribution in [2.45, 2.75) is 44.0 Å². The highest BCUT2D eigenvalue weighted by Crippen LogP contribution is 2.43. The van der Waals surface area contributed by atoms with E-state index in [2.05, 4.69) is 37.2 Å². The molecule has 3 nitrogen and oxygen atoms in total.